The Morgan fingerprint density at radius 1 is 1.73 bits per heavy atom. The molecule has 15 heavy (non-hydrogen) atoms. The molecular weight excluding hydrogens is 232 g/mol. The maximum atomic E-state index is 11.3. The Morgan fingerprint density at radius 3 is 3.20 bits per heavy atom. The van der Waals surface area contributed by atoms with Crippen LogP contribution in [0.25, 0.3) is 0 Å². The van der Waals surface area contributed by atoms with E-state index in [0.29, 0.717) is 4.88 Å². The number of hydrazine groups is 1. The fourth-order valence-corrected chi connectivity index (χ4v) is 2.85. The van der Waals surface area contributed by atoms with Crippen LogP contribution >= 0.6 is 23.1 Å². The summed E-state index contributed by atoms with van der Waals surface area (Å²) in [6.07, 6.45) is 0. The summed E-state index contributed by atoms with van der Waals surface area (Å²) in [5, 5.41) is 1.90. The predicted molar refractivity (Wildman–Crippen MR) is 64.0 cm³/mol. The van der Waals surface area contributed by atoms with Gasteiger partial charge in [-0.15, -0.1) is 11.3 Å². The Labute approximate surface area is 97.2 Å². The van der Waals surface area contributed by atoms with E-state index < -0.39 is 0 Å². The lowest BCUT2D eigenvalue weighted by Gasteiger charge is -2.02. The van der Waals surface area contributed by atoms with Gasteiger partial charge in [0.15, 0.2) is 0 Å². The molecule has 0 radical (unpaired) electrons. The Balaban J connectivity index is 2.46. The van der Waals surface area contributed by atoms with Gasteiger partial charge in [0.2, 0.25) is 0 Å². The predicted octanol–water partition coefficient (Wildman–Crippen LogP) is 1.23. The number of ether oxygens (including phenoxy) is 1. The van der Waals surface area contributed by atoms with Crippen LogP contribution in [0.3, 0.4) is 0 Å². The standard InChI is InChI=1S/C9H14N2O2S2/c1-13-3-5-14-6-7-2-4-15-8(7)9(12)11-10/h2,4H,3,5-6,10H2,1H3,(H,11,12). The van der Waals surface area contributed by atoms with Crippen molar-refractivity contribution < 1.29 is 9.53 Å². The number of thiophene rings is 1. The van der Waals surface area contributed by atoms with E-state index in [2.05, 4.69) is 5.43 Å². The number of rotatable bonds is 6. The molecule has 1 rings (SSSR count). The molecule has 0 aliphatic heterocycles. The molecule has 3 N–H and O–H groups in total. The molecule has 4 nitrogen and oxygen atoms in total. The fourth-order valence-electron chi connectivity index (χ4n) is 1.04. The van der Waals surface area contributed by atoms with Crippen LogP contribution < -0.4 is 11.3 Å². The van der Waals surface area contributed by atoms with Crippen molar-refractivity contribution in [3.63, 3.8) is 0 Å². The Hall–Kier alpha value is -0.560. The monoisotopic (exact) mass is 246 g/mol. The number of thioether (sulfide) groups is 1. The van der Waals surface area contributed by atoms with Crippen LogP contribution in [0.5, 0.6) is 0 Å². The van der Waals surface area contributed by atoms with Crippen LogP contribution in [-0.2, 0) is 10.5 Å². The Bertz CT molecular complexity index is 315. The second-order valence-electron chi connectivity index (χ2n) is 2.79. The summed E-state index contributed by atoms with van der Waals surface area (Å²) in [6, 6.07) is 1.95. The van der Waals surface area contributed by atoms with Crippen LogP contribution in [0, 0.1) is 0 Å². The molecule has 1 aromatic heterocycles. The van der Waals surface area contributed by atoms with Crippen molar-refractivity contribution in [3.05, 3.63) is 21.9 Å². The van der Waals surface area contributed by atoms with Gasteiger partial charge in [-0.25, -0.2) is 5.84 Å². The average Bonchev–Trinajstić information content (AvgIpc) is 2.71. The average molecular weight is 246 g/mol. The van der Waals surface area contributed by atoms with Crippen molar-refractivity contribution in [2.24, 2.45) is 5.84 Å². The van der Waals surface area contributed by atoms with Crippen molar-refractivity contribution in [2.75, 3.05) is 19.5 Å². The number of carbonyl (C=O) groups excluding carboxylic acids is 1. The van der Waals surface area contributed by atoms with Crippen LogP contribution in [0.2, 0.25) is 0 Å². The number of hydrogen-bond donors (Lipinski definition) is 2. The zero-order chi connectivity index (χ0) is 11.1. The number of methoxy groups -OCH3 is 1. The van der Waals surface area contributed by atoms with Gasteiger partial charge < -0.3 is 4.74 Å². The van der Waals surface area contributed by atoms with E-state index in [4.69, 9.17) is 10.6 Å². The Kier molecular flexibility index (Phi) is 5.70. The van der Waals surface area contributed by atoms with Gasteiger partial charge in [-0.3, -0.25) is 10.2 Å². The maximum Gasteiger partial charge on any atom is 0.275 e. The third kappa shape index (κ3) is 3.83. The van der Waals surface area contributed by atoms with Crippen LogP contribution in [0.1, 0.15) is 15.2 Å². The first-order valence-electron chi connectivity index (χ1n) is 4.43. The van der Waals surface area contributed by atoms with E-state index in [1.54, 1.807) is 18.9 Å². The summed E-state index contributed by atoms with van der Waals surface area (Å²) in [7, 11) is 1.68. The number of amides is 1. The zero-order valence-corrected chi connectivity index (χ0v) is 10.1. The number of nitrogen functional groups attached to an aromatic ring is 1. The summed E-state index contributed by atoms with van der Waals surface area (Å²) in [5.74, 6) is 6.62. The molecule has 0 unspecified atom stereocenters. The number of hydrogen-bond acceptors (Lipinski definition) is 5. The minimum absolute atomic E-state index is 0.215. The zero-order valence-electron chi connectivity index (χ0n) is 8.49. The third-order valence-corrected chi connectivity index (χ3v) is 3.70. The first kappa shape index (κ1) is 12.5. The molecule has 0 aromatic carbocycles. The SMILES string of the molecule is COCCSCc1ccsc1C(=O)NN. The highest BCUT2D eigenvalue weighted by Crippen LogP contribution is 2.21. The van der Waals surface area contributed by atoms with Gasteiger partial charge in [-0.05, 0) is 17.0 Å². The summed E-state index contributed by atoms with van der Waals surface area (Å²) >= 11 is 3.15. The summed E-state index contributed by atoms with van der Waals surface area (Å²) in [6.45, 7) is 0.729. The van der Waals surface area contributed by atoms with E-state index >= 15 is 0 Å². The minimum Gasteiger partial charge on any atom is -0.384 e. The van der Waals surface area contributed by atoms with E-state index in [-0.39, 0.29) is 5.91 Å². The van der Waals surface area contributed by atoms with Gasteiger partial charge in [0.25, 0.3) is 5.91 Å². The molecule has 0 atom stereocenters. The molecule has 0 spiro atoms. The summed E-state index contributed by atoms with van der Waals surface area (Å²) in [5.41, 5.74) is 3.18. The van der Waals surface area contributed by atoms with Crippen LogP contribution in [0.4, 0.5) is 0 Å². The minimum atomic E-state index is -0.215. The van der Waals surface area contributed by atoms with E-state index in [0.717, 1.165) is 23.7 Å². The highest BCUT2D eigenvalue weighted by Gasteiger charge is 2.11. The molecule has 1 amide bonds. The van der Waals surface area contributed by atoms with E-state index in [1.807, 2.05) is 11.4 Å². The molecule has 0 aliphatic carbocycles. The van der Waals surface area contributed by atoms with Crippen molar-refractivity contribution in [1.29, 1.82) is 0 Å². The molecular formula is C9H14N2O2S2. The molecule has 1 heterocycles. The normalized spacial score (nSPS) is 10.3. The quantitative estimate of drug-likeness (QED) is 0.343. The summed E-state index contributed by atoms with van der Waals surface area (Å²) < 4.78 is 4.94. The van der Waals surface area contributed by atoms with E-state index in [1.165, 1.54) is 11.3 Å². The molecule has 0 bridgehead atoms. The Morgan fingerprint density at radius 2 is 2.53 bits per heavy atom. The van der Waals surface area contributed by atoms with Crippen molar-refractivity contribution >= 4 is 29.0 Å². The molecule has 6 heteroatoms. The van der Waals surface area contributed by atoms with Gasteiger partial charge in [-0.2, -0.15) is 11.8 Å². The van der Waals surface area contributed by atoms with Gasteiger partial charge in [0.05, 0.1) is 11.5 Å². The molecule has 0 saturated heterocycles. The first-order chi connectivity index (χ1) is 7.29. The highest BCUT2D eigenvalue weighted by atomic mass is 32.2. The van der Waals surface area contributed by atoms with Crippen molar-refractivity contribution in [2.45, 2.75) is 5.75 Å². The highest BCUT2D eigenvalue weighted by molar-refractivity contribution is 7.98. The second-order valence-corrected chi connectivity index (χ2v) is 4.82. The summed E-state index contributed by atoms with van der Waals surface area (Å²) in [4.78, 5) is 12.0. The maximum absolute atomic E-state index is 11.3. The lowest BCUT2D eigenvalue weighted by Crippen LogP contribution is -2.29. The topological polar surface area (TPSA) is 64.3 Å². The van der Waals surface area contributed by atoms with Gasteiger partial charge in [-0.1, -0.05) is 0 Å². The largest absolute Gasteiger partial charge is 0.384 e. The molecule has 1 aromatic rings. The van der Waals surface area contributed by atoms with Gasteiger partial charge in [0.1, 0.15) is 0 Å². The molecule has 0 fully saturated rings. The lowest BCUT2D eigenvalue weighted by atomic mass is 10.3. The van der Waals surface area contributed by atoms with Crippen LogP contribution in [-0.4, -0.2) is 25.4 Å². The lowest BCUT2D eigenvalue weighted by molar-refractivity contribution is 0.0957. The van der Waals surface area contributed by atoms with Crippen LogP contribution in [0.15, 0.2) is 11.4 Å². The molecule has 84 valence electrons. The first-order valence-corrected chi connectivity index (χ1v) is 6.47. The second kappa shape index (κ2) is 6.84. The third-order valence-electron chi connectivity index (χ3n) is 1.77. The molecule has 0 aliphatic rings. The number of nitrogens with two attached hydrogens (primary N) is 1. The van der Waals surface area contributed by atoms with Gasteiger partial charge in [0, 0.05) is 18.6 Å². The number of carbonyl (C=O) groups is 1. The fraction of sp³-hybridized carbons (Fsp3) is 0.444. The van der Waals surface area contributed by atoms with Gasteiger partial charge >= 0.3 is 0 Å². The smallest absolute Gasteiger partial charge is 0.275 e. The number of nitrogens with one attached hydrogen (secondary N) is 1. The van der Waals surface area contributed by atoms with Crippen molar-refractivity contribution in [3.8, 4) is 0 Å². The van der Waals surface area contributed by atoms with Crippen molar-refractivity contribution in [1.82, 2.24) is 5.43 Å². The van der Waals surface area contributed by atoms with E-state index in [9.17, 15) is 4.79 Å². The molecule has 0 saturated carbocycles.